The lowest BCUT2D eigenvalue weighted by Gasteiger charge is -1.99. The molecular weight excluding hydrogens is 220 g/mol. The second-order valence-electron chi connectivity index (χ2n) is 3.65. The normalized spacial score (nSPS) is 10.8. The summed E-state index contributed by atoms with van der Waals surface area (Å²) in [4.78, 5) is 4.51. The van der Waals surface area contributed by atoms with E-state index in [2.05, 4.69) is 22.6 Å². The van der Waals surface area contributed by atoms with Crippen LogP contribution in [0.5, 0.6) is 0 Å². The second-order valence-corrected chi connectivity index (χ2v) is 4.51. The summed E-state index contributed by atoms with van der Waals surface area (Å²) in [6.45, 7) is 4.10. The van der Waals surface area contributed by atoms with Crippen molar-refractivity contribution in [2.75, 3.05) is 6.54 Å². The lowest BCUT2D eigenvalue weighted by atomic mass is 10.3. The first kappa shape index (κ1) is 11.4. The molecule has 2 aromatic rings. The molecule has 0 aromatic carbocycles. The SMILES string of the molecule is CCCCNCc1csc(-c2ccco2)n1. The molecule has 2 heterocycles. The molecule has 0 aliphatic heterocycles. The van der Waals surface area contributed by atoms with Crippen LogP contribution in [0.15, 0.2) is 28.2 Å². The van der Waals surface area contributed by atoms with Gasteiger partial charge in [0.05, 0.1) is 12.0 Å². The van der Waals surface area contributed by atoms with Crippen LogP contribution in [0.4, 0.5) is 0 Å². The molecule has 0 unspecified atom stereocenters. The summed E-state index contributed by atoms with van der Waals surface area (Å²) in [6.07, 6.45) is 4.12. The van der Waals surface area contributed by atoms with Gasteiger partial charge in [0.25, 0.3) is 0 Å². The van der Waals surface area contributed by atoms with Crippen molar-refractivity contribution in [2.45, 2.75) is 26.3 Å². The van der Waals surface area contributed by atoms with Gasteiger partial charge < -0.3 is 9.73 Å². The summed E-state index contributed by atoms with van der Waals surface area (Å²) in [6, 6.07) is 3.82. The van der Waals surface area contributed by atoms with E-state index in [1.54, 1.807) is 17.6 Å². The molecule has 0 spiro atoms. The van der Waals surface area contributed by atoms with E-state index < -0.39 is 0 Å². The van der Waals surface area contributed by atoms with Crippen molar-refractivity contribution in [3.63, 3.8) is 0 Å². The van der Waals surface area contributed by atoms with Crippen LogP contribution in [0.25, 0.3) is 10.8 Å². The highest BCUT2D eigenvalue weighted by molar-refractivity contribution is 7.13. The van der Waals surface area contributed by atoms with Crippen LogP contribution in [-0.4, -0.2) is 11.5 Å². The largest absolute Gasteiger partial charge is 0.462 e. The van der Waals surface area contributed by atoms with Crippen molar-refractivity contribution in [1.29, 1.82) is 0 Å². The van der Waals surface area contributed by atoms with Crippen molar-refractivity contribution >= 4 is 11.3 Å². The fourth-order valence-electron chi connectivity index (χ4n) is 1.42. The van der Waals surface area contributed by atoms with Crippen LogP contribution in [0.3, 0.4) is 0 Å². The van der Waals surface area contributed by atoms with Crippen molar-refractivity contribution in [3.05, 3.63) is 29.5 Å². The first-order valence-corrected chi connectivity index (χ1v) is 6.47. The fraction of sp³-hybridized carbons (Fsp3) is 0.417. The van der Waals surface area contributed by atoms with Gasteiger partial charge in [-0.2, -0.15) is 0 Å². The van der Waals surface area contributed by atoms with Crippen LogP contribution in [-0.2, 0) is 6.54 Å². The molecule has 2 rings (SSSR count). The third-order valence-corrected chi connectivity index (χ3v) is 3.20. The predicted octanol–water partition coefficient (Wildman–Crippen LogP) is 3.29. The fourth-order valence-corrected chi connectivity index (χ4v) is 2.21. The first-order valence-electron chi connectivity index (χ1n) is 5.59. The van der Waals surface area contributed by atoms with Gasteiger partial charge in [-0.05, 0) is 25.1 Å². The van der Waals surface area contributed by atoms with Gasteiger partial charge in [-0.25, -0.2) is 4.98 Å². The molecule has 86 valence electrons. The Morgan fingerprint density at radius 3 is 3.19 bits per heavy atom. The van der Waals surface area contributed by atoms with E-state index in [1.807, 2.05) is 12.1 Å². The third kappa shape index (κ3) is 2.93. The van der Waals surface area contributed by atoms with E-state index in [0.717, 1.165) is 29.6 Å². The minimum absolute atomic E-state index is 0.844. The second kappa shape index (κ2) is 5.82. The maximum absolute atomic E-state index is 5.30. The van der Waals surface area contributed by atoms with Gasteiger partial charge >= 0.3 is 0 Å². The highest BCUT2D eigenvalue weighted by Gasteiger charge is 2.06. The summed E-state index contributed by atoms with van der Waals surface area (Å²) in [5.41, 5.74) is 1.09. The average molecular weight is 236 g/mol. The van der Waals surface area contributed by atoms with Gasteiger partial charge in [0.2, 0.25) is 0 Å². The molecule has 0 bridgehead atoms. The van der Waals surface area contributed by atoms with Gasteiger partial charge in [0.1, 0.15) is 0 Å². The Hall–Kier alpha value is -1.13. The Labute approximate surface area is 99.5 Å². The molecule has 4 heteroatoms. The monoisotopic (exact) mass is 236 g/mol. The number of furan rings is 1. The molecule has 0 atom stereocenters. The Morgan fingerprint density at radius 2 is 2.44 bits per heavy atom. The number of unbranched alkanes of at least 4 members (excludes halogenated alkanes) is 1. The standard InChI is InChI=1S/C12H16N2OS/c1-2-3-6-13-8-10-9-16-12(14-10)11-5-4-7-15-11/h4-5,7,9,13H,2-3,6,8H2,1H3. The zero-order chi connectivity index (χ0) is 11.2. The van der Waals surface area contributed by atoms with Crippen LogP contribution in [0.2, 0.25) is 0 Å². The summed E-state index contributed by atoms with van der Waals surface area (Å²) in [5, 5.41) is 6.41. The molecular formula is C12H16N2OS. The topological polar surface area (TPSA) is 38.1 Å². The van der Waals surface area contributed by atoms with Gasteiger partial charge in [-0.1, -0.05) is 13.3 Å². The quantitative estimate of drug-likeness (QED) is 0.782. The smallest absolute Gasteiger partial charge is 0.162 e. The van der Waals surface area contributed by atoms with Crippen LogP contribution in [0.1, 0.15) is 25.5 Å². The molecule has 0 fully saturated rings. The number of nitrogens with one attached hydrogen (secondary N) is 1. The average Bonchev–Trinajstić information content (AvgIpc) is 2.94. The minimum Gasteiger partial charge on any atom is -0.462 e. The van der Waals surface area contributed by atoms with Gasteiger partial charge in [0.15, 0.2) is 10.8 Å². The first-order chi connectivity index (χ1) is 7.90. The molecule has 1 N–H and O–H groups in total. The highest BCUT2D eigenvalue weighted by Crippen LogP contribution is 2.23. The van der Waals surface area contributed by atoms with Crippen molar-refractivity contribution in [2.24, 2.45) is 0 Å². The van der Waals surface area contributed by atoms with E-state index in [1.165, 1.54) is 12.8 Å². The Kier molecular flexibility index (Phi) is 4.13. The van der Waals surface area contributed by atoms with Crippen LogP contribution in [0, 0.1) is 0 Å². The maximum Gasteiger partial charge on any atom is 0.162 e. The number of thiazole rings is 1. The van der Waals surface area contributed by atoms with Crippen molar-refractivity contribution in [1.82, 2.24) is 10.3 Å². The number of nitrogens with zero attached hydrogens (tertiary/aromatic N) is 1. The number of aromatic nitrogens is 1. The maximum atomic E-state index is 5.30. The van der Waals surface area contributed by atoms with Crippen LogP contribution >= 0.6 is 11.3 Å². The zero-order valence-electron chi connectivity index (χ0n) is 9.40. The summed E-state index contributed by atoms with van der Waals surface area (Å²) in [5.74, 6) is 0.852. The molecule has 16 heavy (non-hydrogen) atoms. The Morgan fingerprint density at radius 1 is 1.50 bits per heavy atom. The summed E-state index contributed by atoms with van der Waals surface area (Å²) in [7, 11) is 0. The molecule has 0 saturated heterocycles. The van der Waals surface area contributed by atoms with E-state index in [0.29, 0.717) is 0 Å². The summed E-state index contributed by atoms with van der Waals surface area (Å²) >= 11 is 1.63. The van der Waals surface area contributed by atoms with E-state index in [-0.39, 0.29) is 0 Å². The van der Waals surface area contributed by atoms with E-state index >= 15 is 0 Å². The molecule has 2 aromatic heterocycles. The molecule has 0 aliphatic carbocycles. The highest BCUT2D eigenvalue weighted by atomic mass is 32.1. The molecule has 0 saturated carbocycles. The zero-order valence-corrected chi connectivity index (χ0v) is 10.2. The molecule has 0 amide bonds. The number of hydrogen-bond acceptors (Lipinski definition) is 4. The molecule has 0 radical (unpaired) electrons. The van der Waals surface area contributed by atoms with Gasteiger partial charge in [-0.15, -0.1) is 11.3 Å². The van der Waals surface area contributed by atoms with Gasteiger partial charge in [0, 0.05) is 11.9 Å². The molecule has 3 nitrogen and oxygen atoms in total. The van der Waals surface area contributed by atoms with E-state index in [4.69, 9.17) is 4.42 Å². The van der Waals surface area contributed by atoms with Crippen LogP contribution < -0.4 is 5.32 Å². The minimum atomic E-state index is 0.844. The molecule has 0 aliphatic rings. The lowest BCUT2D eigenvalue weighted by Crippen LogP contribution is -2.14. The summed E-state index contributed by atoms with van der Waals surface area (Å²) < 4.78 is 5.30. The predicted molar refractivity (Wildman–Crippen MR) is 66.4 cm³/mol. The van der Waals surface area contributed by atoms with Crippen molar-refractivity contribution in [3.8, 4) is 10.8 Å². The Bertz CT molecular complexity index is 408. The third-order valence-electron chi connectivity index (χ3n) is 2.30. The van der Waals surface area contributed by atoms with Crippen molar-refractivity contribution < 1.29 is 4.42 Å². The van der Waals surface area contributed by atoms with Gasteiger partial charge in [-0.3, -0.25) is 0 Å². The number of rotatable bonds is 6. The Balaban J connectivity index is 1.88. The lowest BCUT2D eigenvalue weighted by molar-refractivity contribution is 0.581. The van der Waals surface area contributed by atoms with E-state index in [9.17, 15) is 0 Å². The number of hydrogen-bond donors (Lipinski definition) is 1.